The molecule has 1 unspecified atom stereocenters. The third kappa shape index (κ3) is 5.73. The molecule has 92 valence electrons. The maximum atomic E-state index is 12.0. The molecule has 0 aliphatic carbocycles. The van der Waals surface area contributed by atoms with Crippen LogP contribution < -0.4 is 0 Å². The lowest BCUT2D eigenvalue weighted by Gasteiger charge is -2.11. The van der Waals surface area contributed by atoms with Crippen molar-refractivity contribution in [2.45, 2.75) is 25.4 Å². The minimum Gasteiger partial charge on any atom is -0.198 e. The van der Waals surface area contributed by atoms with Gasteiger partial charge in [0.1, 0.15) is 0 Å². The van der Waals surface area contributed by atoms with Crippen molar-refractivity contribution in [2.75, 3.05) is 0 Å². The molecule has 1 aromatic rings. The minimum absolute atomic E-state index is 0.143. The fourth-order valence-corrected chi connectivity index (χ4v) is 1.72. The molecule has 0 amide bonds. The summed E-state index contributed by atoms with van der Waals surface area (Å²) in [6.45, 7) is 0. The Kier molecular flexibility index (Phi) is 5.01. The predicted octanol–water partition coefficient (Wildman–Crippen LogP) is 4.47. The second-order valence-electron chi connectivity index (χ2n) is 3.81. The smallest absolute Gasteiger partial charge is 0.198 e. The minimum atomic E-state index is -4.19. The predicted molar refractivity (Wildman–Crippen MR) is 62.2 cm³/mol. The number of hydrogen-bond donors (Lipinski definition) is 0. The Bertz CT molecular complexity index is 392. The van der Waals surface area contributed by atoms with Crippen molar-refractivity contribution in [2.24, 2.45) is 5.92 Å². The van der Waals surface area contributed by atoms with E-state index in [1.54, 1.807) is 0 Å². The fraction of sp³-hybridized carbons (Fsp3) is 0.417. The molecule has 1 aromatic carbocycles. The Balaban J connectivity index is 2.53. The van der Waals surface area contributed by atoms with Crippen molar-refractivity contribution in [1.29, 1.82) is 5.26 Å². The first-order valence-corrected chi connectivity index (χ1v) is 5.91. The largest absolute Gasteiger partial charge is 0.389 e. The van der Waals surface area contributed by atoms with Crippen LogP contribution in [0.5, 0.6) is 0 Å². The summed E-state index contributed by atoms with van der Waals surface area (Å²) < 4.78 is 37.0. The summed E-state index contributed by atoms with van der Waals surface area (Å²) in [5, 5.41) is 8.81. The van der Waals surface area contributed by atoms with E-state index in [1.807, 2.05) is 30.3 Å². The highest BCUT2D eigenvalue weighted by atomic mass is 79.9. The number of nitrogens with zero attached hydrogens (tertiary/aromatic N) is 1. The highest BCUT2D eigenvalue weighted by molar-refractivity contribution is 9.10. The van der Waals surface area contributed by atoms with E-state index in [1.165, 1.54) is 0 Å². The van der Waals surface area contributed by atoms with Gasteiger partial charge in [0.15, 0.2) is 0 Å². The molecular formula is C12H11BrF3N. The van der Waals surface area contributed by atoms with Crippen molar-refractivity contribution in [3.8, 4) is 6.07 Å². The topological polar surface area (TPSA) is 23.8 Å². The van der Waals surface area contributed by atoms with Crippen molar-refractivity contribution in [3.63, 3.8) is 0 Å². The lowest BCUT2D eigenvalue weighted by molar-refractivity contribution is -0.136. The summed E-state index contributed by atoms with van der Waals surface area (Å²) in [5.74, 6) is -0.585. The Morgan fingerprint density at radius 2 is 1.82 bits per heavy atom. The number of rotatable bonds is 4. The van der Waals surface area contributed by atoms with E-state index in [0.717, 1.165) is 10.0 Å². The van der Waals surface area contributed by atoms with Crippen LogP contribution in [0.3, 0.4) is 0 Å². The first-order valence-electron chi connectivity index (χ1n) is 5.11. The lowest BCUT2D eigenvalue weighted by Crippen LogP contribution is -2.11. The van der Waals surface area contributed by atoms with Gasteiger partial charge in [0.2, 0.25) is 0 Å². The monoisotopic (exact) mass is 305 g/mol. The quantitative estimate of drug-likeness (QED) is 0.805. The molecule has 0 aliphatic rings. The summed E-state index contributed by atoms with van der Waals surface area (Å²) in [5.41, 5.74) is 0.877. The molecule has 0 spiro atoms. The van der Waals surface area contributed by atoms with E-state index in [-0.39, 0.29) is 6.42 Å². The first kappa shape index (κ1) is 14.0. The Labute approximate surface area is 106 Å². The van der Waals surface area contributed by atoms with Crippen molar-refractivity contribution < 1.29 is 13.2 Å². The molecule has 0 bridgehead atoms. The molecule has 0 N–H and O–H groups in total. The van der Waals surface area contributed by atoms with Gasteiger partial charge < -0.3 is 0 Å². The van der Waals surface area contributed by atoms with E-state index < -0.39 is 18.5 Å². The first-order chi connectivity index (χ1) is 7.90. The van der Waals surface area contributed by atoms with Gasteiger partial charge in [-0.15, -0.1) is 0 Å². The Hall–Kier alpha value is -1.02. The van der Waals surface area contributed by atoms with Gasteiger partial charge in [0.25, 0.3) is 0 Å². The molecule has 1 rings (SSSR count). The molecule has 5 heteroatoms. The number of alkyl halides is 3. The molecular weight excluding hydrogens is 295 g/mol. The van der Waals surface area contributed by atoms with Gasteiger partial charge in [-0.05, 0) is 30.5 Å². The summed E-state index contributed by atoms with van der Waals surface area (Å²) in [7, 11) is 0. The lowest BCUT2D eigenvalue weighted by atomic mass is 9.96. The van der Waals surface area contributed by atoms with Crippen molar-refractivity contribution in [3.05, 3.63) is 34.3 Å². The van der Waals surface area contributed by atoms with Crippen LogP contribution >= 0.6 is 15.9 Å². The van der Waals surface area contributed by atoms with Crippen LogP contribution in [-0.2, 0) is 6.42 Å². The van der Waals surface area contributed by atoms with E-state index in [2.05, 4.69) is 15.9 Å². The number of benzene rings is 1. The average molecular weight is 306 g/mol. The van der Waals surface area contributed by atoms with E-state index in [4.69, 9.17) is 5.26 Å². The van der Waals surface area contributed by atoms with Gasteiger partial charge in [-0.3, -0.25) is 0 Å². The second-order valence-corrected chi connectivity index (χ2v) is 4.73. The van der Waals surface area contributed by atoms with Crippen LogP contribution in [-0.4, -0.2) is 6.18 Å². The molecule has 0 saturated carbocycles. The molecule has 0 aliphatic heterocycles. The molecule has 1 nitrogen and oxygen atoms in total. The third-order valence-electron chi connectivity index (χ3n) is 2.35. The van der Waals surface area contributed by atoms with Crippen molar-refractivity contribution >= 4 is 15.9 Å². The van der Waals surface area contributed by atoms with Gasteiger partial charge >= 0.3 is 6.18 Å². The highest BCUT2D eigenvalue weighted by Crippen LogP contribution is 2.25. The third-order valence-corrected chi connectivity index (χ3v) is 2.88. The number of halogens is 4. The van der Waals surface area contributed by atoms with E-state index in [0.29, 0.717) is 6.42 Å². The van der Waals surface area contributed by atoms with Gasteiger partial charge in [-0.2, -0.15) is 18.4 Å². The Morgan fingerprint density at radius 3 is 2.29 bits per heavy atom. The Morgan fingerprint density at radius 1 is 1.24 bits per heavy atom. The summed E-state index contributed by atoms with van der Waals surface area (Å²) in [4.78, 5) is 0. The van der Waals surface area contributed by atoms with Gasteiger partial charge in [0.05, 0.1) is 12.0 Å². The van der Waals surface area contributed by atoms with Crippen LogP contribution in [0.2, 0.25) is 0 Å². The maximum Gasteiger partial charge on any atom is 0.389 e. The van der Waals surface area contributed by atoms with E-state index in [9.17, 15) is 13.2 Å². The SMILES string of the molecule is N#CC(CCC(F)(F)F)Cc1ccc(Br)cc1. The number of hydrogen-bond acceptors (Lipinski definition) is 1. The fourth-order valence-electron chi connectivity index (χ4n) is 1.46. The van der Waals surface area contributed by atoms with Gasteiger partial charge in [0, 0.05) is 10.9 Å². The molecule has 0 heterocycles. The van der Waals surface area contributed by atoms with Crippen LogP contribution in [0.1, 0.15) is 18.4 Å². The zero-order chi connectivity index (χ0) is 12.9. The van der Waals surface area contributed by atoms with Crippen LogP contribution in [0.15, 0.2) is 28.7 Å². The van der Waals surface area contributed by atoms with Crippen molar-refractivity contribution in [1.82, 2.24) is 0 Å². The average Bonchev–Trinajstić information content (AvgIpc) is 2.25. The molecule has 0 radical (unpaired) electrons. The summed E-state index contributed by atoms with van der Waals surface area (Å²) >= 11 is 3.27. The van der Waals surface area contributed by atoms with Crippen LogP contribution in [0.4, 0.5) is 13.2 Å². The maximum absolute atomic E-state index is 12.0. The molecule has 17 heavy (non-hydrogen) atoms. The zero-order valence-corrected chi connectivity index (χ0v) is 10.6. The highest BCUT2D eigenvalue weighted by Gasteiger charge is 2.28. The zero-order valence-electron chi connectivity index (χ0n) is 8.97. The van der Waals surface area contributed by atoms with Crippen LogP contribution in [0, 0.1) is 17.2 Å². The summed E-state index contributed by atoms with van der Waals surface area (Å²) in [6, 6.07) is 9.17. The molecule has 1 atom stereocenters. The molecule has 0 saturated heterocycles. The standard InChI is InChI=1S/C12H11BrF3N/c13-11-3-1-9(2-4-11)7-10(8-17)5-6-12(14,15)16/h1-4,10H,5-7H2. The normalized spacial score (nSPS) is 13.1. The van der Waals surface area contributed by atoms with Gasteiger partial charge in [-0.25, -0.2) is 0 Å². The number of nitriles is 1. The molecule has 0 fully saturated rings. The van der Waals surface area contributed by atoms with Crippen LogP contribution in [0.25, 0.3) is 0 Å². The molecule has 0 aromatic heterocycles. The van der Waals surface area contributed by atoms with Gasteiger partial charge in [-0.1, -0.05) is 28.1 Å². The summed E-state index contributed by atoms with van der Waals surface area (Å²) in [6.07, 6.45) is -4.87. The second kappa shape index (κ2) is 6.06. The van der Waals surface area contributed by atoms with E-state index >= 15 is 0 Å².